The van der Waals surface area contributed by atoms with Crippen LogP contribution in [0, 0.1) is 0 Å². The number of benzene rings is 1. The van der Waals surface area contributed by atoms with E-state index in [1.54, 1.807) is 0 Å². The van der Waals surface area contributed by atoms with E-state index in [-0.39, 0.29) is 0 Å². The van der Waals surface area contributed by atoms with Crippen LogP contribution in [-0.4, -0.2) is 15.0 Å². The maximum atomic E-state index is 2.27. The molecule has 0 aromatic heterocycles. The average molecular weight is 199 g/mol. The summed E-state index contributed by atoms with van der Waals surface area (Å²) in [5, 5.41) is 0. The Balaban J connectivity index is 2.59. The Bertz CT molecular complexity index is 179. The zero-order chi connectivity index (χ0) is 7.40. The Morgan fingerprint density at radius 3 is 2.20 bits per heavy atom. The summed E-state index contributed by atoms with van der Waals surface area (Å²) in [5.41, 5.74) is 0. The van der Waals surface area contributed by atoms with E-state index >= 15 is 0 Å². The monoisotopic (exact) mass is 200 g/mol. The first-order valence-electron chi connectivity index (χ1n) is 3.51. The van der Waals surface area contributed by atoms with Crippen molar-refractivity contribution >= 4 is 19.4 Å². The van der Waals surface area contributed by atoms with Crippen LogP contribution in [0.4, 0.5) is 0 Å². The molecule has 0 saturated heterocycles. The molecule has 0 atom stereocenters. The molecule has 0 aliphatic carbocycles. The van der Waals surface area contributed by atoms with Crippen molar-refractivity contribution in [2.45, 2.75) is 18.7 Å². The van der Waals surface area contributed by atoms with Crippen LogP contribution < -0.4 is 4.46 Å². The van der Waals surface area contributed by atoms with Crippen LogP contribution >= 0.6 is 0 Å². The molecule has 0 unspecified atom stereocenters. The van der Waals surface area contributed by atoms with Gasteiger partial charge in [0.05, 0.1) is 0 Å². The van der Waals surface area contributed by atoms with Crippen molar-refractivity contribution in [3.8, 4) is 0 Å². The Kier molecular flexibility index (Phi) is 2.98. The van der Waals surface area contributed by atoms with Crippen molar-refractivity contribution < 1.29 is 0 Å². The van der Waals surface area contributed by atoms with Crippen LogP contribution in [0.25, 0.3) is 0 Å². The van der Waals surface area contributed by atoms with E-state index in [9.17, 15) is 0 Å². The molecule has 0 aliphatic rings. The Labute approximate surface area is 68.8 Å². The summed E-state index contributed by atoms with van der Waals surface area (Å²) in [6, 6.07) is 10.7. The summed E-state index contributed by atoms with van der Waals surface area (Å²) in [5.74, 6) is 0. The fraction of sp³-hybridized carbons (Fsp3) is 0.333. The SMILES string of the molecule is CC(C)[Se]c1ccccc1. The summed E-state index contributed by atoms with van der Waals surface area (Å²) < 4.78 is 1.50. The van der Waals surface area contributed by atoms with Gasteiger partial charge in [0, 0.05) is 0 Å². The number of rotatable bonds is 2. The van der Waals surface area contributed by atoms with Gasteiger partial charge in [-0.2, -0.15) is 0 Å². The minimum atomic E-state index is 0.668. The number of hydrogen-bond acceptors (Lipinski definition) is 0. The average Bonchev–Trinajstić information content (AvgIpc) is 1.88. The Morgan fingerprint density at radius 1 is 1.10 bits per heavy atom. The second-order valence-corrected chi connectivity index (χ2v) is 5.94. The molecular weight excluding hydrogens is 187 g/mol. The van der Waals surface area contributed by atoms with Gasteiger partial charge < -0.3 is 0 Å². The van der Waals surface area contributed by atoms with Crippen molar-refractivity contribution in [2.75, 3.05) is 0 Å². The maximum absolute atomic E-state index is 2.27. The molecule has 0 amide bonds. The summed E-state index contributed by atoms with van der Waals surface area (Å²) in [7, 11) is 0. The molecule has 1 aromatic rings. The second-order valence-electron chi connectivity index (χ2n) is 2.48. The third-order valence-electron chi connectivity index (χ3n) is 1.11. The van der Waals surface area contributed by atoms with Crippen molar-refractivity contribution in [1.29, 1.82) is 0 Å². The standard InChI is InChI=1S/C9H12Se/c1-8(2)10-9-6-4-3-5-7-9/h3-8H,1-2H3. The molecule has 0 spiro atoms. The van der Waals surface area contributed by atoms with Gasteiger partial charge in [-0.1, -0.05) is 0 Å². The first-order chi connectivity index (χ1) is 4.79. The van der Waals surface area contributed by atoms with Gasteiger partial charge in [0.15, 0.2) is 0 Å². The first kappa shape index (κ1) is 7.84. The van der Waals surface area contributed by atoms with E-state index in [4.69, 9.17) is 0 Å². The van der Waals surface area contributed by atoms with Crippen molar-refractivity contribution in [2.24, 2.45) is 0 Å². The van der Waals surface area contributed by atoms with Gasteiger partial charge in [0.1, 0.15) is 0 Å². The van der Waals surface area contributed by atoms with Crippen molar-refractivity contribution in [3.05, 3.63) is 30.3 Å². The van der Waals surface area contributed by atoms with E-state index < -0.39 is 0 Å². The summed E-state index contributed by atoms with van der Waals surface area (Å²) >= 11 is 0.668. The van der Waals surface area contributed by atoms with E-state index in [0.717, 1.165) is 4.82 Å². The van der Waals surface area contributed by atoms with Gasteiger partial charge in [-0.25, -0.2) is 0 Å². The van der Waals surface area contributed by atoms with Gasteiger partial charge in [0.2, 0.25) is 0 Å². The van der Waals surface area contributed by atoms with Gasteiger partial charge in [-0.05, 0) is 0 Å². The quantitative estimate of drug-likeness (QED) is 0.637. The van der Waals surface area contributed by atoms with E-state index in [0.29, 0.717) is 15.0 Å². The van der Waals surface area contributed by atoms with Gasteiger partial charge >= 0.3 is 68.4 Å². The molecule has 1 heteroatoms. The van der Waals surface area contributed by atoms with Gasteiger partial charge in [0.25, 0.3) is 0 Å². The summed E-state index contributed by atoms with van der Waals surface area (Å²) in [6.07, 6.45) is 0. The molecule has 0 fully saturated rings. The van der Waals surface area contributed by atoms with Crippen LogP contribution in [0.2, 0.25) is 4.82 Å². The molecule has 1 rings (SSSR count). The fourth-order valence-electron chi connectivity index (χ4n) is 0.771. The summed E-state index contributed by atoms with van der Waals surface area (Å²) in [4.78, 5) is 0.829. The van der Waals surface area contributed by atoms with Crippen molar-refractivity contribution in [1.82, 2.24) is 0 Å². The zero-order valence-corrected chi connectivity index (χ0v) is 8.09. The molecule has 0 N–H and O–H groups in total. The molecule has 1 aromatic carbocycles. The number of hydrogen-bond donors (Lipinski definition) is 0. The second kappa shape index (κ2) is 3.80. The molecular formula is C9H12Se. The molecule has 0 bridgehead atoms. The summed E-state index contributed by atoms with van der Waals surface area (Å²) in [6.45, 7) is 4.54. The zero-order valence-electron chi connectivity index (χ0n) is 6.37. The van der Waals surface area contributed by atoms with Gasteiger partial charge in [-0.15, -0.1) is 0 Å². The molecule has 54 valence electrons. The normalized spacial score (nSPS) is 10.3. The van der Waals surface area contributed by atoms with Gasteiger partial charge in [-0.3, -0.25) is 0 Å². The first-order valence-corrected chi connectivity index (χ1v) is 5.35. The third-order valence-corrected chi connectivity index (χ3v) is 3.25. The molecule has 0 aliphatic heterocycles. The predicted octanol–water partition coefficient (Wildman–Crippen LogP) is 1.84. The molecule has 0 heterocycles. The van der Waals surface area contributed by atoms with E-state index in [2.05, 4.69) is 44.2 Å². The van der Waals surface area contributed by atoms with Crippen LogP contribution in [-0.2, 0) is 0 Å². The fourth-order valence-corrected chi connectivity index (χ4v) is 2.57. The Hall–Kier alpha value is -0.261. The van der Waals surface area contributed by atoms with Crippen LogP contribution in [0.1, 0.15) is 13.8 Å². The van der Waals surface area contributed by atoms with Crippen LogP contribution in [0.5, 0.6) is 0 Å². The molecule has 0 saturated carbocycles. The molecule has 0 nitrogen and oxygen atoms in total. The third kappa shape index (κ3) is 2.55. The van der Waals surface area contributed by atoms with Crippen molar-refractivity contribution in [3.63, 3.8) is 0 Å². The minimum absolute atomic E-state index is 0.668. The Morgan fingerprint density at radius 2 is 1.70 bits per heavy atom. The molecule has 10 heavy (non-hydrogen) atoms. The van der Waals surface area contributed by atoms with Crippen LogP contribution in [0.15, 0.2) is 30.3 Å². The van der Waals surface area contributed by atoms with E-state index in [1.165, 1.54) is 4.46 Å². The molecule has 0 radical (unpaired) electrons. The van der Waals surface area contributed by atoms with E-state index in [1.807, 2.05) is 0 Å². The topological polar surface area (TPSA) is 0 Å². The van der Waals surface area contributed by atoms with Crippen LogP contribution in [0.3, 0.4) is 0 Å². The predicted molar refractivity (Wildman–Crippen MR) is 46.9 cm³/mol.